The Kier molecular flexibility index (Phi) is 9.40. The van der Waals surface area contributed by atoms with Crippen molar-refractivity contribution in [2.75, 3.05) is 47.0 Å². The van der Waals surface area contributed by atoms with E-state index >= 15 is 0 Å². The second kappa shape index (κ2) is 11.0. The average molecular weight is 386 g/mol. The number of ether oxygens (including phenoxy) is 2. The van der Waals surface area contributed by atoms with Crippen molar-refractivity contribution in [2.45, 2.75) is 12.8 Å². The minimum absolute atomic E-state index is 0. The van der Waals surface area contributed by atoms with Crippen LogP contribution in [0.3, 0.4) is 0 Å². The molecular formula is C18H28ClN3O4. The van der Waals surface area contributed by atoms with Crippen LogP contribution in [0.2, 0.25) is 0 Å². The first-order chi connectivity index (χ1) is 12.1. The first kappa shape index (κ1) is 22.2. The summed E-state index contributed by atoms with van der Waals surface area (Å²) in [4.78, 5) is 24.6. The Morgan fingerprint density at radius 1 is 1.08 bits per heavy atom. The van der Waals surface area contributed by atoms with Crippen molar-refractivity contribution in [1.29, 1.82) is 0 Å². The Morgan fingerprint density at radius 3 is 2.27 bits per heavy atom. The fourth-order valence-electron chi connectivity index (χ4n) is 3.00. The van der Waals surface area contributed by atoms with Crippen LogP contribution in [0.4, 0.5) is 0 Å². The molecule has 0 saturated carbocycles. The molecular weight excluding hydrogens is 358 g/mol. The lowest BCUT2D eigenvalue weighted by Crippen LogP contribution is -2.51. The van der Waals surface area contributed by atoms with Crippen LogP contribution in [0, 0.1) is 5.41 Å². The lowest BCUT2D eigenvalue weighted by molar-refractivity contribution is -0.136. The number of amides is 2. The molecule has 146 valence electrons. The van der Waals surface area contributed by atoms with E-state index in [9.17, 15) is 9.59 Å². The van der Waals surface area contributed by atoms with E-state index in [0.717, 1.165) is 25.9 Å². The van der Waals surface area contributed by atoms with Crippen LogP contribution in [-0.2, 0) is 9.53 Å². The van der Waals surface area contributed by atoms with Crippen molar-refractivity contribution in [1.82, 2.24) is 16.0 Å². The molecule has 26 heavy (non-hydrogen) atoms. The molecule has 1 aliphatic rings. The Bertz CT molecular complexity index is 569. The highest BCUT2D eigenvalue weighted by Gasteiger charge is 2.39. The van der Waals surface area contributed by atoms with Crippen LogP contribution in [-0.4, -0.2) is 58.8 Å². The number of halogens is 1. The summed E-state index contributed by atoms with van der Waals surface area (Å²) in [6.45, 7) is 2.80. The monoisotopic (exact) mass is 385 g/mol. The minimum atomic E-state index is -0.472. The van der Waals surface area contributed by atoms with Crippen molar-refractivity contribution in [3.8, 4) is 5.75 Å². The molecule has 1 aromatic rings. The quantitative estimate of drug-likeness (QED) is 0.580. The first-order valence-corrected chi connectivity index (χ1v) is 8.51. The maximum absolute atomic E-state index is 12.5. The number of hydrogen-bond donors (Lipinski definition) is 3. The van der Waals surface area contributed by atoms with Crippen molar-refractivity contribution in [3.05, 3.63) is 29.8 Å². The van der Waals surface area contributed by atoms with Crippen molar-refractivity contribution >= 4 is 24.2 Å². The normalized spacial score (nSPS) is 15.5. The minimum Gasteiger partial charge on any atom is -0.497 e. The van der Waals surface area contributed by atoms with Gasteiger partial charge in [-0.3, -0.25) is 9.59 Å². The fourth-order valence-corrected chi connectivity index (χ4v) is 3.00. The highest BCUT2D eigenvalue weighted by atomic mass is 35.5. The Morgan fingerprint density at radius 2 is 1.69 bits per heavy atom. The third kappa shape index (κ3) is 5.86. The summed E-state index contributed by atoms with van der Waals surface area (Å²) in [5.41, 5.74) is 0.0846. The SMILES string of the molecule is COCC1(C(=O)NCCNC(=O)c2ccc(OC)cc2)CCNCC1.Cl. The number of rotatable bonds is 8. The zero-order chi connectivity index (χ0) is 18.1. The third-order valence-electron chi connectivity index (χ3n) is 4.51. The zero-order valence-corrected chi connectivity index (χ0v) is 16.1. The summed E-state index contributed by atoms with van der Waals surface area (Å²) < 4.78 is 10.3. The number of methoxy groups -OCH3 is 2. The van der Waals surface area contributed by atoms with Crippen LogP contribution in [0.5, 0.6) is 5.75 Å². The van der Waals surface area contributed by atoms with Gasteiger partial charge in [-0.2, -0.15) is 0 Å². The second-order valence-corrected chi connectivity index (χ2v) is 6.20. The lowest BCUT2D eigenvalue weighted by Gasteiger charge is -2.35. The van der Waals surface area contributed by atoms with Gasteiger partial charge < -0.3 is 25.4 Å². The van der Waals surface area contributed by atoms with Gasteiger partial charge in [0.25, 0.3) is 5.91 Å². The molecule has 1 aromatic carbocycles. The Balaban J connectivity index is 0.00000338. The molecule has 3 N–H and O–H groups in total. The molecule has 7 nitrogen and oxygen atoms in total. The molecule has 1 aliphatic heterocycles. The van der Waals surface area contributed by atoms with Crippen LogP contribution in [0.25, 0.3) is 0 Å². The molecule has 1 heterocycles. The number of piperidine rings is 1. The van der Waals surface area contributed by atoms with Crippen LogP contribution < -0.4 is 20.7 Å². The lowest BCUT2D eigenvalue weighted by atomic mass is 9.78. The number of nitrogens with one attached hydrogen (secondary N) is 3. The zero-order valence-electron chi connectivity index (χ0n) is 15.3. The third-order valence-corrected chi connectivity index (χ3v) is 4.51. The molecule has 8 heteroatoms. The number of benzene rings is 1. The summed E-state index contributed by atoms with van der Waals surface area (Å²) >= 11 is 0. The number of carbonyl (C=O) groups is 2. The van der Waals surface area contributed by atoms with Gasteiger partial charge in [-0.25, -0.2) is 0 Å². The van der Waals surface area contributed by atoms with Gasteiger partial charge in [0.2, 0.25) is 5.91 Å². The summed E-state index contributed by atoms with van der Waals surface area (Å²) in [7, 11) is 3.20. The van der Waals surface area contributed by atoms with Crippen LogP contribution in [0.1, 0.15) is 23.2 Å². The van der Waals surface area contributed by atoms with E-state index in [1.54, 1.807) is 38.5 Å². The second-order valence-electron chi connectivity index (χ2n) is 6.20. The molecule has 0 spiro atoms. The average Bonchev–Trinajstić information content (AvgIpc) is 2.66. The Hall–Kier alpha value is -1.83. The highest BCUT2D eigenvalue weighted by molar-refractivity contribution is 5.94. The molecule has 1 fully saturated rings. The van der Waals surface area contributed by atoms with Crippen LogP contribution >= 0.6 is 12.4 Å². The molecule has 0 aliphatic carbocycles. The van der Waals surface area contributed by atoms with E-state index in [-0.39, 0.29) is 24.2 Å². The summed E-state index contributed by atoms with van der Waals surface area (Å²) in [6.07, 6.45) is 1.51. The van der Waals surface area contributed by atoms with E-state index in [1.807, 2.05) is 0 Å². The van der Waals surface area contributed by atoms with E-state index in [1.165, 1.54) is 0 Å². The van der Waals surface area contributed by atoms with Gasteiger partial charge in [0.05, 0.1) is 19.1 Å². The molecule has 0 unspecified atom stereocenters. The van der Waals surface area contributed by atoms with E-state index in [0.29, 0.717) is 31.0 Å². The fraction of sp³-hybridized carbons (Fsp3) is 0.556. The molecule has 1 saturated heterocycles. The Labute approximate surface area is 160 Å². The molecule has 0 atom stereocenters. The first-order valence-electron chi connectivity index (χ1n) is 8.51. The topological polar surface area (TPSA) is 88.7 Å². The van der Waals surface area contributed by atoms with Gasteiger partial charge in [0.1, 0.15) is 5.75 Å². The smallest absolute Gasteiger partial charge is 0.251 e. The molecule has 2 amide bonds. The van der Waals surface area contributed by atoms with Gasteiger partial charge in [-0.15, -0.1) is 12.4 Å². The van der Waals surface area contributed by atoms with E-state index < -0.39 is 5.41 Å². The predicted octanol–water partition coefficient (Wildman–Crippen LogP) is 0.979. The maximum atomic E-state index is 12.5. The molecule has 0 radical (unpaired) electrons. The predicted molar refractivity (Wildman–Crippen MR) is 102 cm³/mol. The van der Waals surface area contributed by atoms with Crippen molar-refractivity contribution < 1.29 is 19.1 Å². The van der Waals surface area contributed by atoms with E-state index in [4.69, 9.17) is 9.47 Å². The largest absolute Gasteiger partial charge is 0.497 e. The van der Waals surface area contributed by atoms with Crippen molar-refractivity contribution in [2.24, 2.45) is 5.41 Å². The van der Waals surface area contributed by atoms with Crippen molar-refractivity contribution in [3.63, 3.8) is 0 Å². The van der Waals surface area contributed by atoms with Gasteiger partial charge in [0, 0.05) is 25.8 Å². The van der Waals surface area contributed by atoms with Crippen LogP contribution in [0.15, 0.2) is 24.3 Å². The standard InChI is InChI=1S/C18H27N3O4.ClH/c1-24-13-18(7-9-19-10-8-18)17(23)21-12-11-20-16(22)14-3-5-15(25-2)6-4-14;/h3-6,19H,7-13H2,1-2H3,(H,20,22)(H,21,23);1H. The van der Waals surface area contributed by atoms with E-state index in [2.05, 4.69) is 16.0 Å². The van der Waals surface area contributed by atoms with Gasteiger partial charge in [-0.1, -0.05) is 0 Å². The van der Waals surface area contributed by atoms with Gasteiger partial charge >= 0.3 is 0 Å². The maximum Gasteiger partial charge on any atom is 0.251 e. The summed E-state index contributed by atoms with van der Waals surface area (Å²) in [6, 6.07) is 6.88. The number of hydrogen-bond acceptors (Lipinski definition) is 5. The van der Waals surface area contributed by atoms with Gasteiger partial charge in [0.15, 0.2) is 0 Å². The number of carbonyl (C=O) groups excluding carboxylic acids is 2. The highest BCUT2D eigenvalue weighted by Crippen LogP contribution is 2.29. The van der Waals surface area contributed by atoms with Gasteiger partial charge in [-0.05, 0) is 50.2 Å². The summed E-state index contributed by atoms with van der Waals surface area (Å²) in [5, 5.41) is 8.98. The molecule has 0 bridgehead atoms. The molecule has 2 rings (SSSR count). The summed E-state index contributed by atoms with van der Waals surface area (Å²) in [5.74, 6) is 0.522. The molecule has 0 aromatic heterocycles.